The van der Waals surface area contributed by atoms with E-state index in [9.17, 15) is 9.59 Å². The zero-order valence-corrected chi connectivity index (χ0v) is 14.0. The van der Waals surface area contributed by atoms with Crippen molar-refractivity contribution in [1.29, 1.82) is 0 Å². The van der Waals surface area contributed by atoms with Crippen LogP contribution in [-0.4, -0.2) is 62.0 Å². The molecule has 1 aromatic heterocycles. The van der Waals surface area contributed by atoms with Crippen LogP contribution < -0.4 is 10.6 Å². The van der Waals surface area contributed by atoms with Crippen LogP contribution in [0.25, 0.3) is 0 Å². The topological polar surface area (TPSA) is 64.7 Å². The zero-order valence-electron chi connectivity index (χ0n) is 13.2. The molecule has 1 saturated heterocycles. The maximum absolute atomic E-state index is 12.1. The third-order valence-electron chi connectivity index (χ3n) is 3.76. The third-order valence-corrected chi connectivity index (χ3v) is 4.55. The highest BCUT2D eigenvalue weighted by molar-refractivity contribution is 7.14. The summed E-state index contributed by atoms with van der Waals surface area (Å²) in [5.74, 6) is 0.133. The van der Waals surface area contributed by atoms with E-state index in [-0.39, 0.29) is 17.9 Å². The summed E-state index contributed by atoms with van der Waals surface area (Å²) in [4.78, 5) is 28.0. The number of carbonyl (C=O) groups is 2. The maximum Gasteiger partial charge on any atom is 0.322 e. The van der Waals surface area contributed by atoms with Crippen molar-refractivity contribution in [2.45, 2.75) is 12.8 Å². The van der Waals surface area contributed by atoms with Crippen LogP contribution in [0.15, 0.2) is 17.5 Å². The van der Waals surface area contributed by atoms with Gasteiger partial charge in [-0.3, -0.25) is 10.1 Å². The quantitative estimate of drug-likeness (QED) is 0.866. The standard InChI is InChI=1S/C15H24N4O2S/c1-18(2)10-7-16-14(20)12-5-8-19(9-6-12)15(21)17-13-4-3-11-22-13/h3-4,11-12H,5-10H2,1-2H3,(H,16,20)(H,17,21). The van der Waals surface area contributed by atoms with Gasteiger partial charge in [0.05, 0.1) is 5.00 Å². The molecule has 0 unspecified atom stereocenters. The minimum atomic E-state index is -0.0751. The van der Waals surface area contributed by atoms with Gasteiger partial charge in [0.25, 0.3) is 0 Å². The lowest BCUT2D eigenvalue weighted by Gasteiger charge is -2.31. The fourth-order valence-electron chi connectivity index (χ4n) is 2.43. The number of hydrogen-bond acceptors (Lipinski definition) is 4. The molecule has 0 radical (unpaired) electrons. The molecule has 0 aromatic carbocycles. The summed E-state index contributed by atoms with van der Waals surface area (Å²) in [7, 11) is 3.97. The second-order valence-corrected chi connectivity index (χ2v) is 6.71. The van der Waals surface area contributed by atoms with Gasteiger partial charge in [-0.15, -0.1) is 11.3 Å². The van der Waals surface area contributed by atoms with E-state index in [1.807, 2.05) is 36.5 Å². The molecule has 0 bridgehead atoms. The number of likely N-dealkylation sites (N-methyl/N-ethyl adjacent to an activating group) is 1. The first-order valence-corrected chi connectivity index (χ1v) is 8.46. The van der Waals surface area contributed by atoms with Crippen molar-refractivity contribution in [2.24, 2.45) is 5.92 Å². The number of nitrogens with zero attached hydrogens (tertiary/aromatic N) is 2. The molecule has 122 valence electrons. The first-order chi connectivity index (χ1) is 10.6. The van der Waals surface area contributed by atoms with Crippen molar-refractivity contribution in [3.63, 3.8) is 0 Å². The van der Waals surface area contributed by atoms with Crippen LogP contribution in [0, 0.1) is 5.92 Å². The Morgan fingerprint density at radius 2 is 2.09 bits per heavy atom. The summed E-state index contributed by atoms with van der Waals surface area (Å²) in [5.41, 5.74) is 0. The maximum atomic E-state index is 12.1. The highest BCUT2D eigenvalue weighted by Gasteiger charge is 2.27. The van der Waals surface area contributed by atoms with Gasteiger partial charge in [0.1, 0.15) is 0 Å². The van der Waals surface area contributed by atoms with Crippen molar-refractivity contribution in [1.82, 2.24) is 15.1 Å². The fourth-order valence-corrected chi connectivity index (χ4v) is 3.03. The minimum absolute atomic E-state index is 0.0213. The highest BCUT2D eigenvalue weighted by atomic mass is 32.1. The molecule has 22 heavy (non-hydrogen) atoms. The Morgan fingerprint density at radius 1 is 1.36 bits per heavy atom. The highest BCUT2D eigenvalue weighted by Crippen LogP contribution is 2.20. The first-order valence-electron chi connectivity index (χ1n) is 7.58. The minimum Gasteiger partial charge on any atom is -0.355 e. The Morgan fingerprint density at radius 3 is 2.68 bits per heavy atom. The van der Waals surface area contributed by atoms with Gasteiger partial charge < -0.3 is 15.1 Å². The largest absolute Gasteiger partial charge is 0.355 e. The number of nitrogens with one attached hydrogen (secondary N) is 2. The van der Waals surface area contributed by atoms with E-state index in [4.69, 9.17) is 0 Å². The Labute approximate surface area is 135 Å². The number of piperidine rings is 1. The van der Waals surface area contributed by atoms with Crippen LogP contribution in [0.5, 0.6) is 0 Å². The van der Waals surface area contributed by atoms with Gasteiger partial charge in [0.15, 0.2) is 0 Å². The Balaban J connectivity index is 1.70. The van der Waals surface area contributed by atoms with Crippen LogP contribution in [0.3, 0.4) is 0 Å². The lowest BCUT2D eigenvalue weighted by atomic mass is 9.96. The van der Waals surface area contributed by atoms with Gasteiger partial charge in [0.2, 0.25) is 5.91 Å². The molecule has 6 nitrogen and oxygen atoms in total. The van der Waals surface area contributed by atoms with E-state index in [2.05, 4.69) is 10.6 Å². The van der Waals surface area contributed by atoms with Gasteiger partial charge >= 0.3 is 6.03 Å². The second-order valence-electron chi connectivity index (χ2n) is 5.76. The monoisotopic (exact) mass is 324 g/mol. The number of likely N-dealkylation sites (tertiary alicyclic amines) is 1. The molecular formula is C15H24N4O2S. The molecule has 1 fully saturated rings. The second kappa shape index (κ2) is 8.14. The van der Waals surface area contributed by atoms with Crippen molar-refractivity contribution >= 4 is 28.3 Å². The van der Waals surface area contributed by atoms with Crippen LogP contribution in [-0.2, 0) is 4.79 Å². The lowest BCUT2D eigenvalue weighted by molar-refractivity contribution is -0.126. The first kappa shape index (κ1) is 16.8. The Hall–Kier alpha value is -1.60. The van der Waals surface area contributed by atoms with E-state index in [1.54, 1.807) is 4.90 Å². The van der Waals surface area contributed by atoms with Gasteiger partial charge in [0, 0.05) is 32.1 Å². The molecule has 0 atom stereocenters. The molecule has 1 aliphatic rings. The molecule has 0 saturated carbocycles. The third kappa shape index (κ3) is 4.99. The number of anilines is 1. The zero-order chi connectivity index (χ0) is 15.9. The molecule has 3 amide bonds. The average Bonchev–Trinajstić information content (AvgIpc) is 3.00. The summed E-state index contributed by atoms with van der Waals surface area (Å²) in [6.07, 6.45) is 1.46. The number of amides is 3. The SMILES string of the molecule is CN(C)CCNC(=O)C1CCN(C(=O)Nc2cccs2)CC1. The normalized spacial score (nSPS) is 15.9. The van der Waals surface area contributed by atoms with Gasteiger partial charge in [-0.05, 0) is 44.4 Å². The summed E-state index contributed by atoms with van der Waals surface area (Å²) in [5, 5.41) is 8.63. The number of urea groups is 1. The number of hydrogen-bond donors (Lipinski definition) is 2. The molecule has 0 spiro atoms. The van der Waals surface area contributed by atoms with Gasteiger partial charge in [-0.25, -0.2) is 4.79 Å². The molecule has 0 aliphatic carbocycles. The van der Waals surface area contributed by atoms with Gasteiger partial charge in [-0.2, -0.15) is 0 Å². The van der Waals surface area contributed by atoms with Crippen LogP contribution in [0.2, 0.25) is 0 Å². The van der Waals surface area contributed by atoms with Crippen LogP contribution >= 0.6 is 11.3 Å². The van der Waals surface area contributed by atoms with E-state index in [1.165, 1.54) is 11.3 Å². The van der Waals surface area contributed by atoms with E-state index < -0.39 is 0 Å². The predicted molar refractivity (Wildman–Crippen MR) is 89.2 cm³/mol. The predicted octanol–water partition coefficient (Wildman–Crippen LogP) is 1.67. The Bertz CT molecular complexity index is 482. The number of thiophene rings is 1. The van der Waals surface area contributed by atoms with Crippen molar-refractivity contribution < 1.29 is 9.59 Å². The van der Waals surface area contributed by atoms with E-state index >= 15 is 0 Å². The molecular weight excluding hydrogens is 300 g/mol. The van der Waals surface area contributed by atoms with Crippen molar-refractivity contribution in [3.8, 4) is 0 Å². The number of carbonyl (C=O) groups excluding carboxylic acids is 2. The van der Waals surface area contributed by atoms with Crippen molar-refractivity contribution in [2.75, 3.05) is 45.6 Å². The molecule has 2 N–H and O–H groups in total. The smallest absolute Gasteiger partial charge is 0.322 e. The summed E-state index contributed by atoms with van der Waals surface area (Å²) < 4.78 is 0. The van der Waals surface area contributed by atoms with E-state index in [0.29, 0.717) is 19.6 Å². The number of rotatable bonds is 5. The van der Waals surface area contributed by atoms with Crippen molar-refractivity contribution in [3.05, 3.63) is 17.5 Å². The summed E-state index contributed by atoms with van der Waals surface area (Å²) in [6, 6.07) is 3.71. The summed E-state index contributed by atoms with van der Waals surface area (Å²) in [6.45, 7) is 2.77. The molecule has 7 heteroatoms. The van der Waals surface area contributed by atoms with Gasteiger partial charge in [-0.1, -0.05) is 0 Å². The molecule has 2 rings (SSSR count). The lowest BCUT2D eigenvalue weighted by Crippen LogP contribution is -2.45. The van der Waals surface area contributed by atoms with E-state index in [0.717, 1.165) is 24.4 Å². The van der Waals surface area contributed by atoms with Crippen LogP contribution in [0.1, 0.15) is 12.8 Å². The fraction of sp³-hybridized carbons (Fsp3) is 0.600. The average molecular weight is 324 g/mol. The molecule has 1 aromatic rings. The molecule has 2 heterocycles. The molecule has 1 aliphatic heterocycles. The Kier molecular flexibility index (Phi) is 6.21. The van der Waals surface area contributed by atoms with Crippen LogP contribution in [0.4, 0.5) is 9.80 Å². The summed E-state index contributed by atoms with van der Waals surface area (Å²) >= 11 is 1.51.